The van der Waals surface area contributed by atoms with Crippen molar-refractivity contribution in [2.45, 2.75) is 6.54 Å². The summed E-state index contributed by atoms with van der Waals surface area (Å²) in [7, 11) is 1.85. The van der Waals surface area contributed by atoms with E-state index in [1.165, 1.54) is 0 Å². The molecular formula is C16H23ClN3O3+. The van der Waals surface area contributed by atoms with Gasteiger partial charge in [0.15, 0.2) is 13.1 Å². The van der Waals surface area contributed by atoms with E-state index < -0.39 is 0 Å². The van der Waals surface area contributed by atoms with Crippen LogP contribution >= 0.6 is 11.6 Å². The van der Waals surface area contributed by atoms with Gasteiger partial charge in [-0.15, -0.1) is 0 Å². The molecule has 0 bridgehead atoms. The molecule has 0 spiro atoms. The van der Waals surface area contributed by atoms with Crippen molar-refractivity contribution in [3.05, 3.63) is 34.9 Å². The van der Waals surface area contributed by atoms with Crippen LogP contribution < -0.4 is 10.2 Å². The molecule has 0 aromatic heterocycles. The van der Waals surface area contributed by atoms with Gasteiger partial charge in [-0.05, 0) is 17.7 Å². The van der Waals surface area contributed by atoms with Crippen molar-refractivity contribution in [3.8, 4) is 0 Å². The second kappa shape index (κ2) is 8.86. The maximum atomic E-state index is 12.1. The molecule has 1 aromatic rings. The zero-order valence-corrected chi connectivity index (χ0v) is 14.1. The van der Waals surface area contributed by atoms with Gasteiger partial charge in [-0.25, -0.2) is 0 Å². The molecule has 2 rings (SSSR count). The lowest BCUT2D eigenvalue weighted by molar-refractivity contribution is -0.863. The summed E-state index contributed by atoms with van der Waals surface area (Å²) in [6.45, 7) is 3.49. The monoisotopic (exact) mass is 340 g/mol. The molecule has 7 heteroatoms. The molecule has 2 amide bonds. The van der Waals surface area contributed by atoms with Crippen molar-refractivity contribution >= 4 is 23.4 Å². The van der Waals surface area contributed by atoms with Crippen molar-refractivity contribution in [3.63, 3.8) is 0 Å². The Hall–Kier alpha value is -1.63. The molecular weight excluding hydrogens is 318 g/mol. The largest absolute Gasteiger partial charge is 0.378 e. The molecule has 0 radical (unpaired) electrons. The first-order valence-corrected chi connectivity index (χ1v) is 8.10. The van der Waals surface area contributed by atoms with Crippen molar-refractivity contribution in [1.29, 1.82) is 0 Å². The number of nitrogens with zero attached hydrogens (tertiary/aromatic N) is 1. The Morgan fingerprint density at radius 1 is 1.22 bits per heavy atom. The summed E-state index contributed by atoms with van der Waals surface area (Å²) in [5, 5.41) is 3.53. The van der Waals surface area contributed by atoms with Gasteiger partial charge in [0.1, 0.15) is 0 Å². The average Bonchev–Trinajstić information content (AvgIpc) is 2.55. The number of hydrogen-bond donors (Lipinski definition) is 2. The average molecular weight is 341 g/mol. The number of carbonyl (C=O) groups is 2. The van der Waals surface area contributed by atoms with E-state index >= 15 is 0 Å². The first-order valence-electron chi connectivity index (χ1n) is 7.72. The lowest BCUT2D eigenvalue weighted by atomic mass is 10.2. The van der Waals surface area contributed by atoms with E-state index in [1.807, 2.05) is 19.2 Å². The molecule has 6 nitrogen and oxygen atoms in total. The number of quaternary nitrogens is 1. The third-order valence-electron chi connectivity index (χ3n) is 3.68. The number of rotatable bonds is 6. The zero-order chi connectivity index (χ0) is 16.7. The van der Waals surface area contributed by atoms with Crippen molar-refractivity contribution < 1.29 is 19.2 Å². The van der Waals surface area contributed by atoms with E-state index in [4.69, 9.17) is 16.3 Å². The van der Waals surface area contributed by atoms with Crippen LogP contribution in [-0.4, -0.2) is 63.2 Å². The number of morpholine rings is 1. The number of nitrogens with one attached hydrogen (secondary N) is 2. The fourth-order valence-corrected chi connectivity index (χ4v) is 2.51. The van der Waals surface area contributed by atoms with E-state index in [0.29, 0.717) is 44.4 Å². The summed E-state index contributed by atoms with van der Waals surface area (Å²) in [4.78, 5) is 26.7. The first kappa shape index (κ1) is 17.7. The highest BCUT2D eigenvalue weighted by Gasteiger charge is 2.21. The van der Waals surface area contributed by atoms with Gasteiger partial charge in [-0.3, -0.25) is 9.59 Å². The Labute approximate surface area is 141 Å². The second-order valence-corrected chi connectivity index (χ2v) is 6.14. The summed E-state index contributed by atoms with van der Waals surface area (Å²) in [6, 6.07) is 7.34. The molecule has 23 heavy (non-hydrogen) atoms. The number of benzene rings is 1. The number of hydrogen-bond acceptors (Lipinski definition) is 3. The first-order chi connectivity index (χ1) is 11.0. The fourth-order valence-electron chi connectivity index (χ4n) is 2.38. The van der Waals surface area contributed by atoms with Gasteiger partial charge in [-0.1, -0.05) is 23.7 Å². The van der Waals surface area contributed by atoms with Gasteiger partial charge in [0.25, 0.3) is 11.8 Å². The van der Waals surface area contributed by atoms with Crippen LogP contribution in [0.25, 0.3) is 0 Å². The molecule has 1 heterocycles. The van der Waals surface area contributed by atoms with Gasteiger partial charge in [0, 0.05) is 24.7 Å². The molecule has 1 aliphatic heterocycles. The quantitative estimate of drug-likeness (QED) is 0.722. The van der Waals surface area contributed by atoms with Crippen molar-refractivity contribution in [2.24, 2.45) is 0 Å². The summed E-state index contributed by atoms with van der Waals surface area (Å²) >= 11 is 5.82. The van der Waals surface area contributed by atoms with Crippen LogP contribution in [0.1, 0.15) is 5.56 Å². The second-order valence-electron chi connectivity index (χ2n) is 5.71. The summed E-state index contributed by atoms with van der Waals surface area (Å²) < 4.78 is 5.23. The highest BCUT2D eigenvalue weighted by molar-refractivity contribution is 6.30. The smallest absolute Gasteiger partial charge is 0.277 e. The minimum atomic E-state index is -0.0766. The zero-order valence-electron chi connectivity index (χ0n) is 13.3. The molecule has 126 valence electrons. The van der Waals surface area contributed by atoms with E-state index in [2.05, 4.69) is 5.32 Å². The Morgan fingerprint density at radius 2 is 1.87 bits per heavy atom. The van der Waals surface area contributed by atoms with Gasteiger partial charge < -0.3 is 19.9 Å². The fraction of sp³-hybridized carbons (Fsp3) is 0.500. The molecule has 0 aliphatic carbocycles. The highest BCUT2D eigenvalue weighted by Crippen LogP contribution is 2.08. The molecule has 1 aromatic carbocycles. The molecule has 2 N–H and O–H groups in total. The lowest BCUT2D eigenvalue weighted by Crippen LogP contribution is -3.11. The number of ether oxygens (including phenoxy) is 1. The third-order valence-corrected chi connectivity index (χ3v) is 3.93. The summed E-state index contributed by atoms with van der Waals surface area (Å²) in [6.07, 6.45) is 0. The maximum absolute atomic E-state index is 12.1. The Bertz CT molecular complexity index is 530. The molecule has 1 aliphatic rings. The minimum Gasteiger partial charge on any atom is -0.378 e. The topological polar surface area (TPSA) is 63.1 Å². The Balaban J connectivity index is 1.69. The number of carbonyl (C=O) groups excluding carboxylic acids is 2. The molecule has 0 saturated carbocycles. The SMILES string of the molecule is C[NH+](CC(=O)NCc1ccc(Cl)cc1)CC(=O)N1CCOCC1. The molecule has 1 atom stereocenters. The maximum Gasteiger partial charge on any atom is 0.277 e. The van der Waals surface area contributed by atoms with Gasteiger partial charge in [0.05, 0.1) is 20.3 Å². The minimum absolute atomic E-state index is 0.0660. The van der Waals surface area contributed by atoms with E-state index in [-0.39, 0.29) is 18.4 Å². The standard InChI is InChI=1S/C16H22ClN3O3/c1-19(12-16(22)20-6-8-23-9-7-20)11-15(21)18-10-13-2-4-14(17)5-3-13/h2-5H,6-12H2,1H3,(H,18,21)/p+1. The van der Waals surface area contributed by atoms with Crippen LogP contribution in [0.3, 0.4) is 0 Å². The highest BCUT2D eigenvalue weighted by atomic mass is 35.5. The van der Waals surface area contributed by atoms with Crippen LogP contribution in [0.2, 0.25) is 5.02 Å². The van der Waals surface area contributed by atoms with Crippen LogP contribution in [0, 0.1) is 0 Å². The Morgan fingerprint density at radius 3 is 2.52 bits per heavy atom. The van der Waals surface area contributed by atoms with Crippen molar-refractivity contribution in [1.82, 2.24) is 10.2 Å². The predicted octanol–water partition coefficient (Wildman–Crippen LogP) is -0.670. The van der Waals surface area contributed by atoms with Gasteiger partial charge in [-0.2, -0.15) is 0 Å². The summed E-state index contributed by atoms with van der Waals surface area (Å²) in [5.74, 6) is -0.0106. The van der Waals surface area contributed by atoms with E-state index in [9.17, 15) is 9.59 Å². The van der Waals surface area contributed by atoms with Gasteiger partial charge in [0.2, 0.25) is 0 Å². The molecule has 1 unspecified atom stereocenters. The van der Waals surface area contributed by atoms with E-state index in [0.717, 1.165) is 10.5 Å². The number of amides is 2. The molecule has 1 fully saturated rings. The van der Waals surface area contributed by atoms with Crippen LogP contribution in [-0.2, 0) is 20.9 Å². The van der Waals surface area contributed by atoms with Crippen LogP contribution in [0.5, 0.6) is 0 Å². The lowest BCUT2D eigenvalue weighted by Gasteiger charge is -2.27. The third kappa shape index (κ3) is 6.17. The Kier molecular flexibility index (Phi) is 6.83. The normalized spacial score (nSPS) is 16.0. The predicted molar refractivity (Wildman–Crippen MR) is 87.3 cm³/mol. The number of halogens is 1. The van der Waals surface area contributed by atoms with E-state index in [1.54, 1.807) is 17.0 Å². The van der Waals surface area contributed by atoms with Crippen LogP contribution in [0.15, 0.2) is 24.3 Å². The van der Waals surface area contributed by atoms with Gasteiger partial charge >= 0.3 is 0 Å². The van der Waals surface area contributed by atoms with Crippen LogP contribution in [0.4, 0.5) is 0 Å². The summed E-state index contributed by atoms with van der Waals surface area (Å²) in [5.41, 5.74) is 0.991. The molecule has 1 saturated heterocycles. The van der Waals surface area contributed by atoms with Crippen molar-refractivity contribution in [2.75, 3.05) is 46.4 Å². The number of likely N-dealkylation sites (N-methyl/N-ethyl adjacent to an activating group) is 1.